The summed E-state index contributed by atoms with van der Waals surface area (Å²) in [5, 5.41) is 16.7. The number of benzene rings is 1. The lowest BCUT2D eigenvalue weighted by molar-refractivity contribution is 0.0672. The molecule has 29 heavy (non-hydrogen) atoms. The molecule has 0 saturated heterocycles. The van der Waals surface area contributed by atoms with Crippen LogP contribution in [0.5, 0.6) is 0 Å². The molecule has 3 rings (SSSR count). The number of methoxy groups -OCH3 is 1. The van der Waals surface area contributed by atoms with E-state index in [1.54, 1.807) is 25.1 Å². The number of carbonyl (C=O) groups is 1. The molecule has 0 bridgehead atoms. The molecule has 0 aliphatic rings. The van der Waals surface area contributed by atoms with Crippen molar-refractivity contribution >= 4 is 29.1 Å². The molecule has 2 atom stereocenters. The molecule has 2 aromatic heterocycles. The molecule has 0 aliphatic carbocycles. The number of pyridine rings is 1. The van der Waals surface area contributed by atoms with Crippen molar-refractivity contribution in [3.63, 3.8) is 0 Å². The first kappa shape index (κ1) is 20.7. The molecule has 0 spiro atoms. The molecule has 3 aromatic rings. The molecular weight excluding hydrogens is 415 g/mol. The van der Waals surface area contributed by atoms with Crippen LogP contribution in [0.2, 0.25) is 10.0 Å². The smallest absolute Gasteiger partial charge is 0.252 e. The van der Waals surface area contributed by atoms with E-state index < -0.39 is 18.1 Å². The van der Waals surface area contributed by atoms with E-state index in [0.29, 0.717) is 32.8 Å². The summed E-state index contributed by atoms with van der Waals surface area (Å²) in [6.07, 6.45) is 2.35. The summed E-state index contributed by atoms with van der Waals surface area (Å²) in [6.45, 7) is 1.79. The van der Waals surface area contributed by atoms with E-state index in [4.69, 9.17) is 33.2 Å². The van der Waals surface area contributed by atoms with Crippen LogP contribution in [-0.2, 0) is 4.74 Å². The summed E-state index contributed by atoms with van der Waals surface area (Å²) in [6, 6.07) is 9.21. The van der Waals surface area contributed by atoms with Crippen LogP contribution < -0.4 is 5.32 Å². The van der Waals surface area contributed by atoms with Gasteiger partial charge < -0.3 is 10.1 Å². The van der Waals surface area contributed by atoms with Crippen LogP contribution in [0.25, 0.3) is 5.82 Å². The molecule has 1 amide bonds. The Labute approximate surface area is 177 Å². The molecule has 8 nitrogen and oxygen atoms in total. The average Bonchev–Trinajstić information content (AvgIpc) is 3.20. The van der Waals surface area contributed by atoms with Crippen LogP contribution in [0.4, 0.5) is 0 Å². The molecule has 148 valence electrons. The minimum absolute atomic E-state index is 0.304. The normalized spacial score (nSPS) is 12.8. The van der Waals surface area contributed by atoms with Crippen molar-refractivity contribution in [2.75, 3.05) is 7.11 Å². The van der Waals surface area contributed by atoms with Gasteiger partial charge in [0.15, 0.2) is 11.6 Å². The number of hydrogen-bond donors (Lipinski definition) is 1. The third kappa shape index (κ3) is 4.71. The number of hydrogen-bond acceptors (Lipinski definition) is 6. The highest BCUT2D eigenvalue weighted by Gasteiger charge is 2.28. The zero-order valence-corrected chi connectivity index (χ0v) is 17.0. The minimum Gasteiger partial charge on any atom is -0.379 e. The molecule has 10 heteroatoms. The topological polar surface area (TPSA) is 106 Å². The second-order valence-corrected chi connectivity index (χ2v) is 6.97. The Bertz CT molecular complexity index is 1040. The largest absolute Gasteiger partial charge is 0.379 e. The van der Waals surface area contributed by atoms with Crippen molar-refractivity contribution in [1.29, 1.82) is 5.26 Å². The third-order valence-corrected chi connectivity index (χ3v) is 4.64. The van der Waals surface area contributed by atoms with Gasteiger partial charge in [-0.2, -0.15) is 15.0 Å². The summed E-state index contributed by atoms with van der Waals surface area (Å²) in [4.78, 5) is 21.3. The van der Waals surface area contributed by atoms with E-state index in [1.165, 1.54) is 36.4 Å². The van der Waals surface area contributed by atoms with Gasteiger partial charge in [-0.15, -0.1) is 0 Å². The molecule has 1 N–H and O–H groups in total. The van der Waals surface area contributed by atoms with E-state index in [2.05, 4.69) is 20.4 Å². The summed E-state index contributed by atoms with van der Waals surface area (Å²) < 4.78 is 6.92. The fourth-order valence-corrected chi connectivity index (χ4v) is 3.18. The molecule has 0 fully saturated rings. The summed E-state index contributed by atoms with van der Waals surface area (Å²) in [7, 11) is 1.53. The Morgan fingerprint density at radius 2 is 1.97 bits per heavy atom. The molecule has 1 aromatic carbocycles. The maximum atomic E-state index is 12.8. The first-order chi connectivity index (χ1) is 13.9. The average molecular weight is 431 g/mol. The van der Waals surface area contributed by atoms with Crippen LogP contribution in [0, 0.1) is 11.3 Å². The number of carbonyl (C=O) groups excluding carboxylic acids is 1. The van der Waals surface area contributed by atoms with Crippen LogP contribution in [0.3, 0.4) is 0 Å². The number of nitrogens with one attached hydrogen (secondary N) is 1. The van der Waals surface area contributed by atoms with Gasteiger partial charge in [0.1, 0.15) is 18.4 Å². The third-order valence-electron chi connectivity index (χ3n) is 4.20. The highest BCUT2D eigenvalue weighted by molar-refractivity contribution is 6.35. The molecular formula is C19H16Cl2N6O2. The fourth-order valence-electron chi connectivity index (χ4n) is 2.65. The second kappa shape index (κ2) is 9.01. The summed E-state index contributed by atoms with van der Waals surface area (Å²) in [5.74, 6) is 0.466. The number of nitriles is 1. The van der Waals surface area contributed by atoms with Crippen LogP contribution in [0.1, 0.15) is 34.7 Å². The highest BCUT2D eigenvalue weighted by atomic mass is 35.5. The van der Waals surface area contributed by atoms with Crippen molar-refractivity contribution in [2.45, 2.75) is 19.1 Å². The van der Waals surface area contributed by atoms with Crippen molar-refractivity contribution in [3.05, 3.63) is 69.9 Å². The fraction of sp³-hybridized carbons (Fsp3) is 0.211. The van der Waals surface area contributed by atoms with Crippen molar-refractivity contribution in [1.82, 2.24) is 25.1 Å². The van der Waals surface area contributed by atoms with Crippen LogP contribution in [-0.4, -0.2) is 38.9 Å². The van der Waals surface area contributed by atoms with E-state index in [0.717, 1.165) is 0 Å². The van der Waals surface area contributed by atoms with Gasteiger partial charge in [0.25, 0.3) is 5.91 Å². The zero-order valence-electron chi connectivity index (χ0n) is 15.5. The number of halogens is 2. The van der Waals surface area contributed by atoms with E-state index in [1.807, 2.05) is 6.07 Å². The van der Waals surface area contributed by atoms with Crippen molar-refractivity contribution in [3.8, 4) is 11.9 Å². The predicted molar refractivity (Wildman–Crippen MR) is 107 cm³/mol. The number of amides is 1. The Morgan fingerprint density at radius 3 is 2.55 bits per heavy atom. The molecule has 0 aliphatic heterocycles. The lowest BCUT2D eigenvalue weighted by atomic mass is 10.1. The Kier molecular flexibility index (Phi) is 6.44. The van der Waals surface area contributed by atoms with Gasteiger partial charge >= 0.3 is 0 Å². The van der Waals surface area contributed by atoms with E-state index in [-0.39, 0.29) is 0 Å². The lowest BCUT2D eigenvalue weighted by Crippen LogP contribution is -2.37. The number of nitrogens with zero attached hydrogens (tertiary/aromatic N) is 5. The van der Waals surface area contributed by atoms with E-state index >= 15 is 0 Å². The lowest BCUT2D eigenvalue weighted by Gasteiger charge is -2.24. The SMILES string of the molecule is COC(C)C(NC(=O)c1cc(Cl)cc(Cl)c1)c1ncnn1-c1ccc(C#N)cn1. The van der Waals surface area contributed by atoms with Gasteiger partial charge in [0, 0.05) is 28.9 Å². The van der Waals surface area contributed by atoms with E-state index in [9.17, 15) is 4.79 Å². The van der Waals surface area contributed by atoms with Gasteiger partial charge in [-0.3, -0.25) is 4.79 Å². The van der Waals surface area contributed by atoms with Crippen LogP contribution >= 0.6 is 23.2 Å². The Hall–Kier alpha value is -2.99. The van der Waals surface area contributed by atoms with Gasteiger partial charge in [-0.25, -0.2) is 9.97 Å². The molecule has 0 saturated carbocycles. The Morgan fingerprint density at radius 1 is 1.24 bits per heavy atom. The zero-order chi connectivity index (χ0) is 21.0. The molecule has 0 radical (unpaired) electrons. The standard InChI is InChI=1S/C19H16Cl2N6O2/c1-11(29-2)17(26-19(28)13-5-14(20)7-15(21)6-13)18-24-10-25-27(18)16-4-3-12(8-22)9-23-16/h3-7,9-11,17H,1-2H3,(H,26,28). The van der Waals surface area contributed by atoms with Gasteiger partial charge in [0.05, 0.1) is 11.7 Å². The maximum Gasteiger partial charge on any atom is 0.252 e. The Balaban J connectivity index is 1.95. The minimum atomic E-state index is -0.648. The summed E-state index contributed by atoms with van der Waals surface area (Å²) in [5.41, 5.74) is 0.724. The van der Waals surface area contributed by atoms with Crippen molar-refractivity contribution < 1.29 is 9.53 Å². The van der Waals surface area contributed by atoms with Crippen LogP contribution in [0.15, 0.2) is 42.9 Å². The monoisotopic (exact) mass is 430 g/mol. The molecule has 2 heterocycles. The number of aromatic nitrogens is 4. The first-order valence-electron chi connectivity index (χ1n) is 8.49. The van der Waals surface area contributed by atoms with Gasteiger partial charge in [0.2, 0.25) is 0 Å². The second-order valence-electron chi connectivity index (χ2n) is 6.10. The number of ether oxygens (including phenoxy) is 1. The van der Waals surface area contributed by atoms with Crippen molar-refractivity contribution in [2.24, 2.45) is 0 Å². The van der Waals surface area contributed by atoms with Gasteiger partial charge in [-0.1, -0.05) is 23.2 Å². The maximum absolute atomic E-state index is 12.8. The predicted octanol–water partition coefficient (Wildman–Crippen LogP) is 3.35. The summed E-state index contributed by atoms with van der Waals surface area (Å²) >= 11 is 12.0. The highest BCUT2D eigenvalue weighted by Crippen LogP contribution is 2.22. The number of rotatable bonds is 6. The van der Waals surface area contributed by atoms with Gasteiger partial charge in [-0.05, 0) is 37.3 Å². The quantitative estimate of drug-likeness (QED) is 0.642. The first-order valence-corrected chi connectivity index (χ1v) is 9.24. The molecule has 2 unspecified atom stereocenters.